The molecule has 0 spiro atoms. The van der Waals surface area contributed by atoms with Gasteiger partial charge in [-0.3, -0.25) is 4.79 Å². The van der Waals surface area contributed by atoms with E-state index in [2.05, 4.69) is 10.1 Å². The Kier molecular flexibility index (Phi) is 5.74. The van der Waals surface area contributed by atoms with Crippen LogP contribution in [0.5, 0.6) is 0 Å². The summed E-state index contributed by atoms with van der Waals surface area (Å²) in [6.45, 7) is 7.05. The number of nitrogens with zero attached hydrogens (tertiary/aromatic N) is 4. The average Bonchev–Trinajstić information content (AvgIpc) is 2.51. The summed E-state index contributed by atoms with van der Waals surface area (Å²) in [7, 11) is 0. The SMILES string of the molecule is CCC1(CC)[C@H](ON=C(C)C)N=C(Cl)C(C#N)[C@@]1(C#N)C(N)=O. The largest absolute Gasteiger partial charge is 0.368 e. The van der Waals surface area contributed by atoms with Gasteiger partial charge in [-0.25, -0.2) is 4.99 Å². The first kappa shape index (κ1) is 18.9. The lowest BCUT2D eigenvalue weighted by molar-refractivity contribution is -0.149. The molecule has 0 saturated heterocycles. The summed E-state index contributed by atoms with van der Waals surface area (Å²) in [5.41, 5.74) is 3.26. The van der Waals surface area contributed by atoms with Gasteiger partial charge in [-0.1, -0.05) is 30.6 Å². The van der Waals surface area contributed by atoms with Crippen LogP contribution in [0.25, 0.3) is 0 Å². The molecular weight excluding hydrogens is 318 g/mol. The first-order chi connectivity index (χ1) is 10.8. The zero-order valence-electron chi connectivity index (χ0n) is 13.6. The number of hydrogen-bond acceptors (Lipinski definition) is 6. The van der Waals surface area contributed by atoms with Crippen LogP contribution in [0.1, 0.15) is 40.5 Å². The molecule has 1 aliphatic rings. The molecule has 1 heterocycles. The fourth-order valence-corrected chi connectivity index (χ4v) is 3.48. The number of amides is 1. The lowest BCUT2D eigenvalue weighted by atomic mass is 9.53. The predicted molar refractivity (Wildman–Crippen MR) is 86.3 cm³/mol. The van der Waals surface area contributed by atoms with Crippen LogP contribution in [-0.4, -0.2) is 23.0 Å². The molecule has 1 rings (SSSR count). The van der Waals surface area contributed by atoms with Gasteiger partial charge in [-0.2, -0.15) is 10.5 Å². The number of halogens is 1. The number of oxime groups is 1. The van der Waals surface area contributed by atoms with E-state index in [9.17, 15) is 15.3 Å². The molecular formula is C15H20ClN5O2. The van der Waals surface area contributed by atoms with Crippen molar-refractivity contribution in [2.75, 3.05) is 0 Å². The van der Waals surface area contributed by atoms with Crippen molar-refractivity contribution in [3.8, 4) is 12.1 Å². The summed E-state index contributed by atoms with van der Waals surface area (Å²) in [4.78, 5) is 21.9. The maximum Gasteiger partial charge on any atom is 0.240 e. The average molecular weight is 338 g/mol. The van der Waals surface area contributed by atoms with Crippen LogP contribution in [0.2, 0.25) is 0 Å². The number of aliphatic imine (C=N–C) groups is 1. The van der Waals surface area contributed by atoms with Gasteiger partial charge in [0, 0.05) is 0 Å². The molecule has 124 valence electrons. The minimum Gasteiger partial charge on any atom is -0.368 e. The van der Waals surface area contributed by atoms with Gasteiger partial charge in [0.05, 0.1) is 23.3 Å². The molecule has 0 aromatic carbocycles. The second kappa shape index (κ2) is 6.97. The quantitative estimate of drug-likeness (QED) is 0.610. The highest BCUT2D eigenvalue weighted by Crippen LogP contribution is 2.56. The van der Waals surface area contributed by atoms with E-state index in [1.807, 2.05) is 12.1 Å². The molecule has 0 fully saturated rings. The number of nitrogens with two attached hydrogens (primary N) is 1. The highest BCUT2D eigenvalue weighted by Gasteiger charge is 2.67. The van der Waals surface area contributed by atoms with Crippen molar-refractivity contribution >= 4 is 28.4 Å². The third kappa shape index (κ3) is 2.66. The standard InChI is InChI=1S/C15H20ClN5O2/c1-5-14(6-2)13(23-21-9(3)4)20-11(16)10(7-17)15(14,8-18)12(19)22/h10,13H,5-6H2,1-4H3,(H2,19,22)/t10?,13-,15-/m0/s1. The van der Waals surface area contributed by atoms with Gasteiger partial charge in [0.1, 0.15) is 11.1 Å². The van der Waals surface area contributed by atoms with Crippen molar-refractivity contribution < 1.29 is 9.63 Å². The van der Waals surface area contributed by atoms with Crippen molar-refractivity contribution in [3.05, 3.63) is 0 Å². The smallest absolute Gasteiger partial charge is 0.240 e. The molecule has 1 unspecified atom stereocenters. The van der Waals surface area contributed by atoms with Crippen LogP contribution in [0.4, 0.5) is 0 Å². The Morgan fingerprint density at radius 2 is 2.00 bits per heavy atom. The Bertz CT molecular complexity index is 623. The zero-order valence-corrected chi connectivity index (χ0v) is 14.4. The normalized spacial score (nSPS) is 28.7. The monoisotopic (exact) mass is 337 g/mol. The van der Waals surface area contributed by atoms with Gasteiger partial charge in [-0.15, -0.1) is 0 Å². The third-order valence-corrected chi connectivity index (χ3v) is 4.78. The van der Waals surface area contributed by atoms with Crippen molar-refractivity contribution in [2.24, 2.45) is 32.6 Å². The van der Waals surface area contributed by atoms with Crippen LogP contribution in [-0.2, 0) is 9.63 Å². The Labute approximate surface area is 140 Å². The summed E-state index contributed by atoms with van der Waals surface area (Å²) in [5, 5.41) is 23.0. The van der Waals surface area contributed by atoms with Crippen molar-refractivity contribution in [1.29, 1.82) is 10.5 Å². The number of primary amides is 1. The first-order valence-corrected chi connectivity index (χ1v) is 7.66. The van der Waals surface area contributed by atoms with Crippen molar-refractivity contribution in [2.45, 2.75) is 46.8 Å². The molecule has 0 bridgehead atoms. The first-order valence-electron chi connectivity index (χ1n) is 7.28. The van der Waals surface area contributed by atoms with E-state index < -0.39 is 28.9 Å². The highest BCUT2D eigenvalue weighted by atomic mass is 35.5. The second-order valence-corrected chi connectivity index (χ2v) is 6.04. The van der Waals surface area contributed by atoms with E-state index in [0.717, 1.165) is 0 Å². The highest BCUT2D eigenvalue weighted by molar-refractivity contribution is 6.66. The van der Waals surface area contributed by atoms with Crippen LogP contribution >= 0.6 is 11.6 Å². The van der Waals surface area contributed by atoms with E-state index in [4.69, 9.17) is 22.2 Å². The lowest BCUT2D eigenvalue weighted by Gasteiger charge is -2.49. The fourth-order valence-electron chi connectivity index (χ4n) is 3.18. The van der Waals surface area contributed by atoms with E-state index in [-0.39, 0.29) is 5.17 Å². The van der Waals surface area contributed by atoms with Gasteiger partial charge in [0.15, 0.2) is 5.41 Å². The molecule has 7 nitrogen and oxygen atoms in total. The predicted octanol–water partition coefficient (Wildman–Crippen LogP) is 2.32. The molecule has 23 heavy (non-hydrogen) atoms. The number of rotatable bonds is 5. The summed E-state index contributed by atoms with van der Waals surface area (Å²) in [5.74, 6) is -2.15. The molecule has 8 heteroatoms. The Morgan fingerprint density at radius 1 is 1.43 bits per heavy atom. The summed E-state index contributed by atoms with van der Waals surface area (Å²) >= 11 is 6.08. The van der Waals surface area contributed by atoms with Crippen LogP contribution in [0.3, 0.4) is 0 Å². The molecule has 2 N–H and O–H groups in total. The van der Waals surface area contributed by atoms with Gasteiger partial charge in [0.2, 0.25) is 12.1 Å². The molecule has 0 saturated carbocycles. The minimum absolute atomic E-state index is 0.167. The molecule has 1 aliphatic heterocycles. The van der Waals surface area contributed by atoms with Crippen molar-refractivity contribution in [3.63, 3.8) is 0 Å². The van der Waals surface area contributed by atoms with E-state index >= 15 is 0 Å². The van der Waals surface area contributed by atoms with E-state index in [1.165, 1.54) is 0 Å². The second-order valence-electron chi connectivity index (χ2n) is 5.66. The number of carbonyl (C=O) groups is 1. The van der Waals surface area contributed by atoms with E-state index in [1.54, 1.807) is 27.7 Å². The topological polar surface area (TPSA) is 125 Å². The molecule has 0 aromatic rings. The Balaban J connectivity index is 3.73. The maximum atomic E-state index is 12.3. The fraction of sp³-hybridized carbons (Fsp3) is 0.667. The van der Waals surface area contributed by atoms with Gasteiger partial charge < -0.3 is 10.6 Å². The Hall–Kier alpha value is -2.12. The zero-order chi connectivity index (χ0) is 17.8. The molecule has 0 aromatic heterocycles. The van der Waals surface area contributed by atoms with Crippen LogP contribution < -0.4 is 5.73 Å². The number of nitriles is 2. The van der Waals surface area contributed by atoms with Crippen molar-refractivity contribution in [1.82, 2.24) is 0 Å². The number of carbonyl (C=O) groups excluding carboxylic acids is 1. The van der Waals surface area contributed by atoms with Gasteiger partial charge >= 0.3 is 0 Å². The summed E-state index contributed by atoms with van der Waals surface area (Å²) in [6, 6.07) is 3.88. The molecule has 1 amide bonds. The van der Waals surface area contributed by atoms with Gasteiger partial charge in [0.25, 0.3) is 0 Å². The molecule has 0 radical (unpaired) electrons. The minimum atomic E-state index is -1.84. The van der Waals surface area contributed by atoms with Gasteiger partial charge in [-0.05, 0) is 26.7 Å². The van der Waals surface area contributed by atoms with Crippen LogP contribution in [0, 0.1) is 39.4 Å². The summed E-state index contributed by atoms with van der Waals surface area (Å²) in [6.07, 6.45) is -0.291. The third-order valence-electron chi connectivity index (χ3n) is 4.46. The maximum absolute atomic E-state index is 12.3. The molecule has 3 atom stereocenters. The number of hydrogen-bond donors (Lipinski definition) is 1. The van der Waals surface area contributed by atoms with Crippen LogP contribution in [0.15, 0.2) is 10.1 Å². The Morgan fingerprint density at radius 3 is 2.35 bits per heavy atom. The van der Waals surface area contributed by atoms with E-state index in [0.29, 0.717) is 18.6 Å². The lowest BCUT2D eigenvalue weighted by Crippen LogP contribution is -2.62. The molecule has 0 aliphatic carbocycles. The summed E-state index contributed by atoms with van der Waals surface area (Å²) < 4.78 is 0.